The average molecular weight is 288 g/mol. The monoisotopic (exact) mass is 288 g/mol. The Morgan fingerprint density at radius 2 is 1.90 bits per heavy atom. The summed E-state index contributed by atoms with van der Waals surface area (Å²) in [6, 6.07) is 2.28. The molecular formula is C13H19F3N4. The van der Waals surface area contributed by atoms with Crippen molar-refractivity contribution in [3.05, 3.63) is 17.8 Å². The minimum atomic E-state index is -4.46. The molecule has 1 aromatic heterocycles. The first kappa shape index (κ1) is 15.0. The van der Waals surface area contributed by atoms with E-state index >= 15 is 0 Å². The molecule has 1 aliphatic rings. The van der Waals surface area contributed by atoms with Crippen LogP contribution in [0.4, 0.5) is 19.0 Å². The summed E-state index contributed by atoms with van der Waals surface area (Å²) in [6.45, 7) is 0.438. The van der Waals surface area contributed by atoms with Crippen molar-refractivity contribution < 1.29 is 13.2 Å². The molecule has 1 aliphatic carbocycles. The zero-order valence-corrected chi connectivity index (χ0v) is 11.2. The first-order chi connectivity index (χ1) is 9.50. The number of halogens is 3. The van der Waals surface area contributed by atoms with Crippen LogP contribution in [-0.2, 0) is 6.18 Å². The number of aromatic nitrogens is 2. The summed E-state index contributed by atoms with van der Waals surface area (Å²) in [5, 5.41) is 9.91. The fraction of sp³-hybridized carbons (Fsp3) is 0.692. The van der Waals surface area contributed by atoms with Gasteiger partial charge in [-0.2, -0.15) is 13.2 Å². The molecule has 20 heavy (non-hydrogen) atoms. The molecule has 0 bridgehead atoms. The Balaban J connectivity index is 2.00. The maximum Gasteiger partial charge on any atom is 0.435 e. The van der Waals surface area contributed by atoms with E-state index in [-0.39, 0.29) is 6.04 Å². The molecule has 1 saturated carbocycles. The molecule has 0 saturated heterocycles. The van der Waals surface area contributed by atoms with Gasteiger partial charge in [-0.3, -0.25) is 0 Å². The van der Waals surface area contributed by atoms with Gasteiger partial charge >= 0.3 is 6.18 Å². The molecule has 112 valence electrons. The molecule has 1 atom stereocenters. The third-order valence-electron chi connectivity index (χ3n) is 3.76. The lowest BCUT2D eigenvalue weighted by Crippen LogP contribution is -2.37. The standard InChI is InChI=1S/C13H19F3N4/c14-13(15,16)11-6-7-12(20-19-11)18-10(8-17)9-4-2-1-3-5-9/h6-7,9-10H,1-5,8,17H2,(H,18,20). The van der Waals surface area contributed by atoms with Crippen molar-refractivity contribution in [1.29, 1.82) is 0 Å². The molecule has 1 aromatic rings. The van der Waals surface area contributed by atoms with Crippen LogP contribution in [0.1, 0.15) is 37.8 Å². The molecule has 0 radical (unpaired) electrons. The molecule has 0 aliphatic heterocycles. The summed E-state index contributed by atoms with van der Waals surface area (Å²) in [6.07, 6.45) is 1.35. The van der Waals surface area contributed by atoms with Crippen molar-refractivity contribution in [2.24, 2.45) is 11.7 Å². The van der Waals surface area contributed by atoms with Gasteiger partial charge in [-0.1, -0.05) is 19.3 Å². The molecule has 1 heterocycles. The zero-order valence-electron chi connectivity index (χ0n) is 11.2. The van der Waals surface area contributed by atoms with E-state index in [1.54, 1.807) is 0 Å². The lowest BCUT2D eigenvalue weighted by atomic mass is 9.84. The first-order valence-corrected chi connectivity index (χ1v) is 6.88. The smallest absolute Gasteiger partial charge is 0.364 e. The van der Waals surface area contributed by atoms with Crippen molar-refractivity contribution >= 4 is 5.82 Å². The number of nitrogens with one attached hydrogen (secondary N) is 1. The van der Waals surface area contributed by atoms with Crippen LogP contribution in [0.3, 0.4) is 0 Å². The lowest BCUT2D eigenvalue weighted by Gasteiger charge is -2.30. The molecular weight excluding hydrogens is 269 g/mol. The van der Waals surface area contributed by atoms with E-state index in [0.29, 0.717) is 18.3 Å². The lowest BCUT2D eigenvalue weighted by molar-refractivity contribution is -0.141. The van der Waals surface area contributed by atoms with Gasteiger partial charge in [-0.05, 0) is 30.9 Å². The molecule has 4 nitrogen and oxygen atoms in total. The molecule has 0 aromatic carbocycles. The van der Waals surface area contributed by atoms with Gasteiger partial charge in [0.2, 0.25) is 0 Å². The Bertz CT molecular complexity index is 413. The molecule has 0 amide bonds. The van der Waals surface area contributed by atoms with E-state index in [9.17, 15) is 13.2 Å². The fourth-order valence-corrected chi connectivity index (χ4v) is 2.66. The van der Waals surface area contributed by atoms with E-state index in [4.69, 9.17) is 5.73 Å². The molecule has 3 N–H and O–H groups in total. The van der Waals surface area contributed by atoms with Crippen LogP contribution in [0.2, 0.25) is 0 Å². The second-order valence-corrected chi connectivity index (χ2v) is 5.19. The van der Waals surface area contributed by atoms with Crippen molar-refractivity contribution in [2.75, 3.05) is 11.9 Å². The minimum Gasteiger partial charge on any atom is -0.364 e. The van der Waals surface area contributed by atoms with Crippen LogP contribution >= 0.6 is 0 Å². The quantitative estimate of drug-likeness (QED) is 0.894. The number of hydrogen-bond acceptors (Lipinski definition) is 4. The van der Waals surface area contributed by atoms with E-state index < -0.39 is 11.9 Å². The Morgan fingerprint density at radius 1 is 1.20 bits per heavy atom. The van der Waals surface area contributed by atoms with Gasteiger partial charge in [0, 0.05) is 12.6 Å². The van der Waals surface area contributed by atoms with Gasteiger partial charge in [-0.25, -0.2) is 0 Å². The van der Waals surface area contributed by atoms with Gasteiger partial charge in [0.1, 0.15) is 5.82 Å². The van der Waals surface area contributed by atoms with Crippen LogP contribution in [-0.4, -0.2) is 22.8 Å². The topological polar surface area (TPSA) is 63.8 Å². The fourth-order valence-electron chi connectivity index (χ4n) is 2.66. The Hall–Kier alpha value is -1.37. The highest BCUT2D eigenvalue weighted by atomic mass is 19.4. The summed E-state index contributed by atoms with van der Waals surface area (Å²) in [5.41, 5.74) is 4.78. The summed E-state index contributed by atoms with van der Waals surface area (Å²) in [4.78, 5) is 0. The summed E-state index contributed by atoms with van der Waals surface area (Å²) in [5.74, 6) is 0.803. The second kappa shape index (κ2) is 6.39. The van der Waals surface area contributed by atoms with Gasteiger partial charge in [0.25, 0.3) is 0 Å². The van der Waals surface area contributed by atoms with E-state index in [2.05, 4.69) is 15.5 Å². The normalized spacial score (nSPS) is 18.8. The number of hydrogen-bond donors (Lipinski definition) is 2. The zero-order chi connectivity index (χ0) is 14.6. The number of alkyl halides is 3. The van der Waals surface area contributed by atoms with Crippen molar-refractivity contribution in [2.45, 2.75) is 44.3 Å². The maximum absolute atomic E-state index is 12.4. The van der Waals surface area contributed by atoms with Crippen molar-refractivity contribution in [3.63, 3.8) is 0 Å². The maximum atomic E-state index is 12.4. The predicted molar refractivity (Wildman–Crippen MR) is 70.1 cm³/mol. The molecule has 1 fully saturated rings. The highest BCUT2D eigenvalue weighted by Crippen LogP contribution is 2.29. The Morgan fingerprint density at radius 3 is 2.40 bits per heavy atom. The van der Waals surface area contributed by atoms with E-state index in [1.165, 1.54) is 25.3 Å². The van der Waals surface area contributed by atoms with Crippen LogP contribution in [0.25, 0.3) is 0 Å². The van der Waals surface area contributed by atoms with Crippen LogP contribution in [0.15, 0.2) is 12.1 Å². The van der Waals surface area contributed by atoms with Gasteiger partial charge in [-0.15, -0.1) is 10.2 Å². The van der Waals surface area contributed by atoms with Crippen LogP contribution in [0, 0.1) is 5.92 Å². The van der Waals surface area contributed by atoms with Crippen LogP contribution in [0.5, 0.6) is 0 Å². The largest absolute Gasteiger partial charge is 0.435 e. The van der Waals surface area contributed by atoms with Crippen LogP contribution < -0.4 is 11.1 Å². The SMILES string of the molecule is NCC(Nc1ccc(C(F)(F)F)nn1)C1CCCCC1. The molecule has 1 unspecified atom stereocenters. The minimum absolute atomic E-state index is 0.0429. The van der Waals surface area contributed by atoms with E-state index in [1.807, 2.05) is 0 Å². The first-order valence-electron chi connectivity index (χ1n) is 6.88. The van der Waals surface area contributed by atoms with Gasteiger partial charge < -0.3 is 11.1 Å². The third-order valence-corrected chi connectivity index (χ3v) is 3.76. The number of nitrogens with two attached hydrogens (primary N) is 1. The summed E-state index contributed by atoms with van der Waals surface area (Å²) < 4.78 is 37.2. The number of nitrogens with zero attached hydrogens (tertiary/aromatic N) is 2. The van der Waals surface area contributed by atoms with E-state index in [0.717, 1.165) is 18.9 Å². The van der Waals surface area contributed by atoms with Crippen molar-refractivity contribution in [3.8, 4) is 0 Å². The highest BCUT2D eigenvalue weighted by Gasteiger charge is 2.33. The number of rotatable bonds is 4. The number of anilines is 1. The van der Waals surface area contributed by atoms with Gasteiger partial charge in [0.05, 0.1) is 0 Å². The second-order valence-electron chi connectivity index (χ2n) is 5.19. The Labute approximate surface area is 116 Å². The highest BCUT2D eigenvalue weighted by molar-refractivity contribution is 5.35. The Kier molecular flexibility index (Phi) is 4.80. The summed E-state index contributed by atoms with van der Waals surface area (Å²) in [7, 11) is 0. The molecule has 0 spiro atoms. The predicted octanol–water partition coefficient (Wildman–Crippen LogP) is 2.81. The average Bonchev–Trinajstić information content (AvgIpc) is 2.45. The summed E-state index contributed by atoms with van der Waals surface area (Å²) >= 11 is 0. The van der Waals surface area contributed by atoms with Gasteiger partial charge in [0.15, 0.2) is 5.69 Å². The molecule has 2 rings (SSSR count). The third kappa shape index (κ3) is 3.82. The van der Waals surface area contributed by atoms with Crippen molar-refractivity contribution in [1.82, 2.24) is 10.2 Å². The molecule has 7 heteroatoms.